The van der Waals surface area contributed by atoms with Gasteiger partial charge in [0, 0.05) is 24.4 Å². The van der Waals surface area contributed by atoms with Crippen molar-refractivity contribution in [3.05, 3.63) is 64.2 Å². The SMILES string of the molecule is CC.CC.CC1OC(=C(N)N)/C=C(\N)c2c(nn(C)c2C#N)CN2C=NNN2c2ccc(F)cc21. The highest BCUT2D eigenvalue weighted by Crippen LogP contribution is 2.34. The second-order valence-corrected chi connectivity index (χ2v) is 7.04. The molecular weight excluding hydrogens is 451 g/mol. The average Bonchev–Trinajstić information content (AvgIpc) is 3.43. The fourth-order valence-corrected chi connectivity index (χ4v) is 3.53. The molecule has 0 radical (unpaired) electrons. The Morgan fingerprint density at radius 3 is 2.57 bits per heavy atom. The van der Waals surface area contributed by atoms with Crippen LogP contribution in [0.2, 0.25) is 0 Å². The minimum absolute atomic E-state index is 0.0990. The maximum absolute atomic E-state index is 14.1. The largest absolute Gasteiger partial charge is 0.482 e. The van der Waals surface area contributed by atoms with Gasteiger partial charge in [-0.15, -0.1) is 5.10 Å². The maximum Gasteiger partial charge on any atom is 0.161 e. The Hall–Kier alpha value is -4.40. The van der Waals surface area contributed by atoms with Crippen LogP contribution in [0.25, 0.3) is 5.70 Å². The van der Waals surface area contributed by atoms with Gasteiger partial charge in [-0.25, -0.2) is 9.40 Å². The number of benzene rings is 1. The van der Waals surface area contributed by atoms with Gasteiger partial charge in [-0.05, 0) is 25.1 Å². The van der Waals surface area contributed by atoms with E-state index in [4.69, 9.17) is 21.9 Å². The Bertz CT molecular complexity index is 1170. The lowest BCUT2D eigenvalue weighted by molar-refractivity contribution is 0.139. The Labute approximate surface area is 204 Å². The molecule has 0 saturated carbocycles. The second kappa shape index (κ2) is 11.6. The number of halogens is 1. The van der Waals surface area contributed by atoms with Crippen LogP contribution in [0.4, 0.5) is 10.1 Å². The molecule has 1 atom stereocenters. The number of hydrogen-bond acceptors (Lipinski definition) is 10. The molecule has 0 fully saturated rings. The number of ether oxygens (including phenoxy) is 1. The van der Waals surface area contributed by atoms with Crippen LogP contribution in [0.1, 0.15) is 63.2 Å². The van der Waals surface area contributed by atoms with E-state index in [0.29, 0.717) is 22.5 Å². The minimum Gasteiger partial charge on any atom is -0.482 e. The summed E-state index contributed by atoms with van der Waals surface area (Å²) in [6.07, 6.45) is 2.35. The van der Waals surface area contributed by atoms with Crippen molar-refractivity contribution in [2.75, 3.05) is 5.12 Å². The summed E-state index contributed by atoms with van der Waals surface area (Å²) < 4.78 is 21.5. The molecule has 1 aromatic carbocycles. The third-order valence-electron chi connectivity index (χ3n) is 4.96. The first-order chi connectivity index (χ1) is 16.8. The number of anilines is 1. The molecule has 0 spiro atoms. The molecule has 7 N–H and O–H groups in total. The van der Waals surface area contributed by atoms with E-state index in [1.54, 1.807) is 36.5 Å². The number of hydrazone groups is 1. The molecule has 35 heavy (non-hydrogen) atoms. The number of nitriles is 1. The van der Waals surface area contributed by atoms with E-state index in [1.165, 1.54) is 22.9 Å². The Balaban J connectivity index is 0.00000103. The molecule has 0 saturated heterocycles. The highest BCUT2D eigenvalue weighted by atomic mass is 19.1. The van der Waals surface area contributed by atoms with Crippen LogP contribution in [-0.2, 0) is 18.3 Å². The standard InChI is InChI=1S/C19H21FN10O.2C2H6/c1-10-12-5-11(20)3-4-15(12)30-27-25-9-29(30)8-14-18(16(7-21)28(2)26-14)13(22)6-17(31-10)19(23)24;2*1-2/h3-6,9-10,27H,8,22-24H2,1-2H3;2*1-2H3/b13-6-;;. The first-order valence-corrected chi connectivity index (χ1v) is 11.3. The second-order valence-electron chi connectivity index (χ2n) is 7.04. The number of allylic oxidation sites excluding steroid dienone is 1. The zero-order valence-corrected chi connectivity index (χ0v) is 20.9. The number of fused-ring (bicyclic) bond motifs is 4. The number of rotatable bonds is 0. The van der Waals surface area contributed by atoms with E-state index in [0.717, 1.165) is 0 Å². The lowest BCUT2D eigenvalue weighted by Gasteiger charge is -2.31. The molecule has 1 aromatic heterocycles. The lowest BCUT2D eigenvalue weighted by Crippen LogP contribution is -2.43. The van der Waals surface area contributed by atoms with Gasteiger partial charge >= 0.3 is 0 Å². The highest BCUT2D eigenvalue weighted by Gasteiger charge is 2.29. The number of hydrazine groups is 2. The van der Waals surface area contributed by atoms with Gasteiger partial charge in [0.05, 0.1) is 23.5 Å². The van der Waals surface area contributed by atoms with Crippen molar-refractivity contribution in [2.45, 2.75) is 47.3 Å². The third-order valence-corrected chi connectivity index (χ3v) is 4.96. The van der Waals surface area contributed by atoms with Crippen molar-refractivity contribution in [1.29, 1.82) is 5.26 Å². The van der Waals surface area contributed by atoms with E-state index in [1.807, 2.05) is 27.7 Å². The molecule has 2 aliphatic rings. The molecule has 188 valence electrons. The quantitative estimate of drug-likeness (QED) is 0.441. The lowest BCUT2D eigenvalue weighted by atomic mass is 10.1. The molecule has 4 rings (SSSR count). The number of nitrogens with zero attached hydrogens (tertiary/aromatic N) is 6. The van der Waals surface area contributed by atoms with Crippen LogP contribution >= 0.6 is 0 Å². The Morgan fingerprint density at radius 2 is 1.94 bits per heavy atom. The van der Waals surface area contributed by atoms with E-state index < -0.39 is 11.9 Å². The number of aryl methyl sites for hydroxylation is 1. The van der Waals surface area contributed by atoms with Gasteiger partial charge in [0.2, 0.25) is 0 Å². The fourth-order valence-electron chi connectivity index (χ4n) is 3.53. The smallest absolute Gasteiger partial charge is 0.161 e. The molecule has 2 aromatic rings. The summed E-state index contributed by atoms with van der Waals surface area (Å²) in [6, 6.07) is 6.42. The van der Waals surface area contributed by atoms with E-state index in [2.05, 4.69) is 21.8 Å². The molecule has 12 heteroatoms. The van der Waals surface area contributed by atoms with Crippen LogP contribution in [-0.4, -0.2) is 21.1 Å². The molecule has 11 nitrogen and oxygen atoms in total. The van der Waals surface area contributed by atoms with Crippen molar-refractivity contribution in [3.63, 3.8) is 0 Å². The maximum atomic E-state index is 14.1. The summed E-state index contributed by atoms with van der Waals surface area (Å²) in [6.45, 7) is 9.95. The van der Waals surface area contributed by atoms with E-state index >= 15 is 0 Å². The van der Waals surface area contributed by atoms with Gasteiger partial charge in [-0.1, -0.05) is 27.7 Å². The summed E-state index contributed by atoms with van der Waals surface area (Å²) >= 11 is 0. The predicted molar refractivity (Wildman–Crippen MR) is 134 cm³/mol. The fraction of sp³-hybridized carbons (Fsp3) is 0.348. The zero-order valence-electron chi connectivity index (χ0n) is 20.9. The van der Waals surface area contributed by atoms with Gasteiger partial charge in [0.15, 0.2) is 5.76 Å². The van der Waals surface area contributed by atoms with Crippen molar-refractivity contribution >= 4 is 17.7 Å². The number of nitrogens with two attached hydrogens (primary N) is 3. The number of hydrogen-bond donors (Lipinski definition) is 4. The van der Waals surface area contributed by atoms with Crippen molar-refractivity contribution in [3.8, 4) is 6.07 Å². The molecule has 0 aliphatic carbocycles. The molecule has 2 aliphatic heterocycles. The number of aromatic nitrogens is 2. The monoisotopic (exact) mass is 484 g/mol. The van der Waals surface area contributed by atoms with Gasteiger partial charge < -0.3 is 21.9 Å². The van der Waals surface area contributed by atoms with Crippen LogP contribution < -0.4 is 27.9 Å². The summed E-state index contributed by atoms with van der Waals surface area (Å²) in [4.78, 5) is 0. The first kappa shape index (κ1) is 26.8. The molecule has 0 amide bonds. The Morgan fingerprint density at radius 1 is 1.26 bits per heavy atom. The van der Waals surface area contributed by atoms with E-state index in [-0.39, 0.29) is 29.5 Å². The highest BCUT2D eigenvalue weighted by molar-refractivity contribution is 5.72. The van der Waals surface area contributed by atoms with Crippen molar-refractivity contribution < 1.29 is 9.13 Å². The first-order valence-electron chi connectivity index (χ1n) is 11.3. The topological polar surface area (TPSA) is 160 Å². The van der Waals surface area contributed by atoms with Gasteiger partial charge in [-0.2, -0.15) is 21.0 Å². The summed E-state index contributed by atoms with van der Waals surface area (Å²) in [5.41, 5.74) is 23.4. The van der Waals surface area contributed by atoms with Crippen molar-refractivity contribution in [1.82, 2.24) is 20.3 Å². The van der Waals surface area contributed by atoms with E-state index in [9.17, 15) is 9.65 Å². The summed E-state index contributed by atoms with van der Waals surface area (Å²) in [5.74, 6) is -0.445. The molecular formula is C23H33FN10O. The average molecular weight is 485 g/mol. The van der Waals surface area contributed by atoms with Gasteiger partial charge in [-0.3, -0.25) is 4.68 Å². The molecule has 3 heterocycles. The van der Waals surface area contributed by atoms with Crippen LogP contribution in [0.15, 0.2) is 41.0 Å². The van der Waals surface area contributed by atoms with Crippen molar-refractivity contribution in [2.24, 2.45) is 29.4 Å². The third kappa shape index (κ3) is 5.40. The van der Waals surface area contributed by atoms with Gasteiger partial charge in [0.1, 0.15) is 35.8 Å². The zero-order chi connectivity index (χ0) is 26.3. The normalized spacial score (nSPS) is 17.6. The van der Waals surface area contributed by atoms with Crippen LogP contribution in [0.5, 0.6) is 0 Å². The Kier molecular flexibility index (Phi) is 8.93. The molecule has 1 unspecified atom stereocenters. The summed E-state index contributed by atoms with van der Waals surface area (Å²) in [7, 11) is 1.65. The molecule has 0 bridgehead atoms. The van der Waals surface area contributed by atoms with Crippen LogP contribution in [0, 0.1) is 17.1 Å². The number of nitrogens with one attached hydrogen (secondary N) is 1. The minimum atomic E-state index is -0.653. The van der Waals surface area contributed by atoms with Gasteiger partial charge in [0.25, 0.3) is 0 Å². The predicted octanol–water partition coefficient (Wildman–Crippen LogP) is 2.65. The summed E-state index contributed by atoms with van der Waals surface area (Å²) in [5, 5.41) is 21.5. The van der Waals surface area contributed by atoms with Crippen LogP contribution in [0.3, 0.4) is 0 Å².